The summed E-state index contributed by atoms with van der Waals surface area (Å²) in [6, 6.07) is 8.91. The number of aryl methyl sites for hydroxylation is 1. The fraction of sp³-hybridized carbons (Fsp3) is 0.393. The van der Waals surface area contributed by atoms with Gasteiger partial charge in [0.05, 0.1) is 0 Å². The monoisotopic (exact) mass is 591 g/mol. The number of rotatable bonds is 8. The van der Waals surface area contributed by atoms with Gasteiger partial charge in [-0.05, 0) is 87.0 Å². The molecule has 0 spiro atoms. The fourth-order valence-corrected chi connectivity index (χ4v) is 5.84. The Morgan fingerprint density at radius 3 is 2.32 bits per heavy atom. The minimum absolute atomic E-state index is 0.0176. The van der Waals surface area contributed by atoms with Gasteiger partial charge in [0.2, 0.25) is 5.75 Å². The summed E-state index contributed by atoms with van der Waals surface area (Å²) in [6.07, 6.45) is 3.68. The Bertz CT molecular complexity index is 1400. The molecular formula is C28H35Cl2N3O3SSi. The topological polar surface area (TPSA) is 73.2 Å². The van der Waals surface area contributed by atoms with Gasteiger partial charge < -0.3 is 9.74 Å². The molecule has 0 aliphatic rings. The first-order valence-electron chi connectivity index (χ1n) is 12.4. The molecule has 10 heteroatoms. The van der Waals surface area contributed by atoms with Crippen molar-refractivity contribution < 1.29 is 9.22 Å². The summed E-state index contributed by atoms with van der Waals surface area (Å²) in [5.74, 6) is -0.143. The van der Waals surface area contributed by atoms with Gasteiger partial charge >= 0.3 is 0 Å². The average Bonchev–Trinajstić information content (AvgIpc) is 3.20. The Labute approximate surface area is 239 Å². The summed E-state index contributed by atoms with van der Waals surface area (Å²) in [4.78, 5) is 34.4. The number of amides is 1. The molecule has 1 amide bonds. The van der Waals surface area contributed by atoms with E-state index in [-0.39, 0.29) is 34.6 Å². The lowest BCUT2D eigenvalue weighted by Gasteiger charge is -2.36. The molecule has 0 aliphatic heterocycles. The third-order valence-corrected chi connectivity index (χ3v) is 12.3. The van der Waals surface area contributed by atoms with Crippen molar-refractivity contribution >= 4 is 60.9 Å². The molecule has 204 valence electrons. The normalized spacial score (nSPS) is 12.4. The molecule has 0 unspecified atom stereocenters. The number of thiophene rings is 1. The molecule has 1 N–H and O–H groups in total. The minimum atomic E-state index is -2.48. The number of halogens is 2. The lowest BCUT2D eigenvalue weighted by atomic mass is 10.2. The number of hydrogen-bond acceptors (Lipinski definition) is 5. The zero-order chi connectivity index (χ0) is 28.4. The van der Waals surface area contributed by atoms with E-state index in [0.29, 0.717) is 15.9 Å². The molecule has 2 heterocycles. The predicted octanol–water partition coefficient (Wildman–Crippen LogP) is 7.99. The first-order chi connectivity index (χ1) is 17.6. The van der Waals surface area contributed by atoms with Crippen molar-refractivity contribution in [2.75, 3.05) is 0 Å². The number of nitrogens with zero attached hydrogens (tertiary/aromatic N) is 2. The molecular weight excluding hydrogens is 557 g/mol. The zero-order valence-corrected chi connectivity index (χ0v) is 26.4. The van der Waals surface area contributed by atoms with Gasteiger partial charge in [-0.15, -0.1) is 11.3 Å². The van der Waals surface area contributed by atoms with Gasteiger partial charge in [-0.25, -0.2) is 4.98 Å². The Balaban J connectivity index is 2.13. The van der Waals surface area contributed by atoms with E-state index in [4.69, 9.17) is 32.6 Å². The predicted molar refractivity (Wildman–Crippen MR) is 162 cm³/mol. The van der Waals surface area contributed by atoms with Crippen LogP contribution in [-0.4, -0.2) is 23.8 Å². The van der Waals surface area contributed by atoms with E-state index >= 15 is 0 Å². The average molecular weight is 593 g/mol. The molecule has 0 aliphatic carbocycles. The lowest BCUT2D eigenvalue weighted by molar-refractivity contribution is 0.0942. The summed E-state index contributed by atoms with van der Waals surface area (Å²) < 4.78 is 8.05. The van der Waals surface area contributed by atoms with Crippen molar-refractivity contribution in [3.05, 3.63) is 77.6 Å². The molecule has 0 bridgehead atoms. The number of hydrogen-bond donors (Lipinski definition) is 1. The summed E-state index contributed by atoms with van der Waals surface area (Å²) in [5.41, 5.74) is 0.316. The van der Waals surface area contributed by atoms with Gasteiger partial charge in [0.1, 0.15) is 5.82 Å². The Morgan fingerprint density at radius 1 is 1.16 bits per heavy atom. The maximum Gasteiger partial charge on any atom is 0.295 e. The second-order valence-electron chi connectivity index (χ2n) is 11.0. The largest absolute Gasteiger partial charge is 0.538 e. The van der Waals surface area contributed by atoms with Crippen molar-refractivity contribution in [3.8, 4) is 5.75 Å². The number of aromatic nitrogens is 2. The van der Waals surface area contributed by atoms with Crippen molar-refractivity contribution in [1.29, 1.82) is 0 Å². The van der Waals surface area contributed by atoms with E-state index in [1.807, 2.05) is 52.1 Å². The Morgan fingerprint density at radius 2 is 1.79 bits per heavy atom. The molecule has 38 heavy (non-hydrogen) atoms. The summed E-state index contributed by atoms with van der Waals surface area (Å²) in [7, 11) is -2.48. The third-order valence-electron chi connectivity index (χ3n) is 6.53. The summed E-state index contributed by atoms with van der Waals surface area (Å²) >= 11 is 13.9. The summed E-state index contributed by atoms with van der Waals surface area (Å²) in [6.45, 7) is 16.3. The van der Waals surface area contributed by atoms with Gasteiger partial charge in [-0.2, -0.15) is 0 Å². The van der Waals surface area contributed by atoms with Gasteiger partial charge in [0.15, 0.2) is 5.69 Å². The van der Waals surface area contributed by atoms with E-state index in [9.17, 15) is 9.59 Å². The van der Waals surface area contributed by atoms with Crippen molar-refractivity contribution in [3.63, 3.8) is 0 Å². The molecule has 0 atom stereocenters. The van der Waals surface area contributed by atoms with Crippen LogP contribution in [-0.2, 0) is 6.54 Å². The van der Waals surface area contributed by atoms with Gasteiger partial charge in [0, 0.05) is 32.4 Å². The van der Waals surface area contributed by atoms with E-state index in [2.05, 4.69) is 26.1 Å². The van der Waals surface area contributed by atoms with Crippen molar-refractivity contribution in [2.45, 2.75) is 72.3 Å². The maximum absolute atomic E-state index is 13.9. The van der Waals surface area contributed by atoms with E-state index in [1.165, 1.54) is 4.88 Å². The van der Waals surface area contributed by atoms with Crippen LogP contribution in [0.4, 0.5) is 0 Å². The number of nitrogens with one attached hydrogen (secondary N) is 1. The molecule has 0 saturated carbocycles. The van der Waals surface area contributed by atoms with Crippen molar-refractivity contribution in [1.82, 2.24) is 14.9 Å². The van der Waals surface area contributed by atoms with Crippen LogP contribution in [0.2, 0.25) is 28.2 Å². The van der Waals surface area contributed by atoms with E-state index in [0.717, 1.165) is 10.4 Å². The van der Waals surface area contributed by atoms with Crippen LogP contribution in [0, 0.1) is 6.92 Å². The highest BCUT2D eigenvalue weighted by atomic mass is 35.5. The van der Waals surface area contributed by atoms with Gasteiger partial charge in [-0.3, -0.25) is 14.2 Å². The van der Waals surface area contributed by atoms with Crippen LogP contribution < -0.4 is 15.3 Å². The molecule has 0 saturated heterocycles. The van der Waals surface area contributed by atoms with Crippen LogP contribution in [0.5, 0.6) is 5.75 Å². The molecule has 0 fully saturated rings. The quantitative estimate of drug-likeness (QED) is 0.269. The van der Waals surface area contributed by atoms with Crippen LogP contribution in [0.15, 0.2) is 35.1 Å². The number of carbonyl (C=O) groups excluding carboxylic acids is 1. The second-order valence-corrected chi connectivity index (χ2v) is 17.9. The van der Waals surface area contributed by atoms with Gasteiger partial charge in [-0.1, -0.05) is 44.0 Å². The minimum Gasteiger partial charge on any atom is -0.538 e. The molecule has 6 nitrogen and oxygen atoms in total. The Kier molecular flexibility index (Phi) is 9.35. The van der Waals surface area contributed by atoms with Crippen LogP contribution >= 0.6 is 34.5 Å². The molecule has 2 aromatic heterocycles. The molecule has 3 aromatic rings. The van der Waals surface area contributed by atoms with Gasteiger partial charge in [0.25, 0.3) is 19.8 Å². The highest BCUT2D eigenvalue weighted by molar-refractivity contribution is 7.12. The third kappa shape index (κ3) is 7.17. The molecule has 1 aromatic carbocycles. The Hall–Kier alpha value is -2.39. The van der Waals surface area contributed by atoms with Crippen LogP contribution in [0.1, 0.15) is 72.3 Å². The van der Waals surface area contributed by atoms with Crippen LogP contribution in [0.25, 0.3) is 12.2 Å². The number of carbonyl (C=O) groups is 1. The maximum atomic E-state index is 13.9. The smallest absolute Gasteiger partial charge is 0.295 e. The van der Waals surface area contributed by atoms with E-state index < -0.39 is 14.2 Å². The first kappa shape index (κ1) is 30.2. The highest BCUT2D eigenvalue weighted by Crippen LogP contribution is 2.37. The van der Waals surface area contributed by atoms with Crippen molar-refractivity contribution in [2.24, 2.45) is 0 Å². The second kappa shape index (κ2) is 11.8. The summed E-state index contributed by atoms with van der Waals surface area (Å²) in [5, 5.41) is 3.61. The zero-order valence-electron chi connectivity index (χ0n) is 23.1. The molecule has 3 rings (SSSR count). The van der Waals surface area contributed by atoms with Crippen LogP contribution in [0.3, 0.4) is 0 Å². The standard InChI is InChI=1S/C28H35Cl2N3O3SSi/c1-17(2)33-23(12-11-22-10-9-18(3)37-22)32-24(25(27(33)35)36-38(7,8)28(4,5)6)26(34)31-16-19-13-20(29)15-21(30)14-19/h9-15,17H,16H2,1-8H3,(H,31,34). The SMILES string of the molecule is Cc1ccc(C=Cc2nc(C(=O)NCc3cc(Cl)cc(Cl)c3)c(O[Si](C)(C)C(C)(C)C)c(=O)n2C(C)C)s1. The lowest BCUT2D eigenvalue weighted by Crippen LogP contribution is -2.46. The molecule has 0 radical (unpaired) electrons. The number of benzene rings is 1. The first-order valence-corrected chi connectivity index (χ1v) is 16.9. The fourth-order valence-electron chi connectivity index (χ4n) is 3.48. The highest BCUT2D eigenvalue weighted by Gasteiger charge is 2.41. The van der Waals surface area contributed by atoms with E-state index in [1.54, 1.807) is 40.2 Å².